The van der Waals surface area contributed by atoms with Crippen LogP contribution in [0.1, 0.15) is 34.5 Å². The normalized spacial score (nSPS) is 17.2. The summed E-state index contributed by atoms with van der Waals surface area (Å²) in [5, 5.41) is 10.9. The van der Waals surface area contributed by atoms with Crippen molar-refractivity contribution in [1.29, 1.82) is 0 Å². The van der Waals surface area contributed by atoms with Crippen molar-refractivity contribution in [1.82, 2.24) is 9.78 Å². The van der Waals surface area contributed by atoms with Crippen molar-refractivity contribution >= 4 is 34.7 Å². The van der Waals surface area contributed by atoms with Crippen molar-refractivity contribution in [2.24, 2.45) is 10.6 Å². The zero-order valence-corrected chi connectivity index (χ0v) is 27.1. The summed E-state index contributed by atoms with van der Waals surface area (Å²) in [7, 11) is 1.62. The quantitative estimate of drug-likeness (QED) is 0.153. The van der Waals surface area contributed by atoms with Gasteiger partial charge in [0.25, 0.3) is 0 Å². The molecular weight excluding hydrogens is 629 g/mol. The maximum Gasteiger partial charge on any atom is 0.183 e. The summed E-state index contributed by atoms with van der Waals surface area (Å²) in [6, 6.07) is 41.8. The van der Waals surface area contributed by atoms with E-state index in [2.05, 4.69) is 5.16 Å². The number of nitrogens with zero attached hydrogens (tertiary/aromatic N) is 3. The minimum atomic E-state index is -1.28. The van der Waals surface area contributed by atoms with Gasteiger partial charge in [-0.2, -0.15) is 5.10 Å². The molecular formula is C39H29Cl2N3O3. The van der Waals surface area contributed by atoms with Gasteiger partial charge in [-0.15, -0.1) is 0 Å². The Hall–Kier alpha value is -5.17. The molecule has 47 heavy (non-hydrogen) atoms. The second kappa shape index (κ2) is 12.6. The molecule has 0 N–H and O–H groups in total. The number of ketones is 1. The van der Waals surface area contributed by atoms with E-state index in [0.717, 1.165) is 27.9 Å². The van der Waals surface area contributed by atoms with Gasteiger partial charge < -0.3 is 9.57 Å². The summed E-state index contributed by atoms with van der Waals surface area (Å²) in [6.07, 6.45) is -0.719. The van der Waals surface area contributed by atoms with Gasteiger partial charge in [0.1, 0.15) is 22.6 Å². The van der Waals surface area contributed by atoms with Crippen LogP contribution in [0.5, 0.6) is 5.75 Å². The Morgan fingerprint density at radius 2 is 1.30 bits per heavy atom. The molecule has 0 spiro atoms. The second-order valence-electron chi connectivity index (χ2n) is 11.4. The van der Waals surface area contributed by atoms with E-state index in [9.17, 15) is 0 Å². The van der Waals surface area contributed by atoms with Crippen LogP contribution in [0, 0.1) is 5.41 Å². The molecule has 1 aromatic heterocycles. The molecule has 2 heterocycles. The number of methoxy groups -OCH3 is 1. The maximum atomic E-state index is 15.7. The third kappa shape index (κ3) is 5.50. The summed E-state index contributed by atoms with van der Waals surface area (Å²) >= 11 is 12.6. The lowest BCUT2D eigenvalue weighted by molar-refractivity contribution is 0.0280. The number of benzene rings is 5. The van der Waals surface area contributed by atoms with Crippen LogP contribution in [0.15, 0.2) is 139 Å². The van der Waals surface area contributed by atoms with E-state index in [1.807, 2.05) is 121 Å². The van der Waals surface area contributed by atoms with Crippen molar-refractivity contribution in [3.05, 3.63) is 160 Å². The van der Waals surface area contributed by atoms with E-state index in [1.165, 1.54) is 0 Å². The lowest BCUT2D eigenvalue weighted by atomic mass is 9.69. The van der Waals surface area contributed by atoms with Crippen LogP contribution < -0.4 is 4.74 Å². The highest BCUT2D eigenvalue weighted by Crippen LogP contribution is 2.50. The van der Waals surface area contributed by atoms with Crippen LogP contribution in [0.3, 0.4) is 0 Å². The molecule has 1 aliphatic rings. The molecule has 0 bridgehead atoms. The number of aromatic nitrogens is 2. The summed E-state index contributed by atoms with van der Waals surface area (Å²) in [5.41, 5.74) is 4.68. The number of hydrogen-bond donors (Lipinski definition) is 0. The Bertz CT molecular complexity index is 2080. The van der Waals surface area contributed by atoms with Gasteiger partial charge in [-0.05, 0) is 73.2 Å². The van der Waals surface area contributed by atoms with Gasteiger partial charge in [-0.1, -0.05) is 101 Å². The minimum Gasteiger partial charge on any atom is -0.497 e. The summed E-state index contributed by atoms with van der Waals surface area (Å²) in [4.78, 5) is 21.9. The number of ether oxygens (including phenoxy) is 1. The number of carbonyl (C=O) groups is 1. The van der Waals surface area contributed by atoms with Gasteiger partial charge in [0, 0.05) is 26.7 Å². The molecule has 7 rings (SSSR count). The number of oxime groups is 1. The minimum absolute atomic E-state index is 0.199. The molecule has 0 saturated carbocycles. The molecule has 0 aliphatic carbocycles. The van der Waals surface area contributed by atoms with Crippen molar-refractivity contribution in [2.75, 3.05) is 7.11 Å². The number of hydrogen-bond acceptors (Lipinski definition) is 5. The smallest absolute Gasteiger partial charge is 0.183 e. The lowest BCUT2D eigenvalue weighted by Gasteiger charge is -2.30. The first-order valence-electron chi connectivity index (χ1n) is 15.1. The molecule has 6 nitrogen and oxygen atoms in total. The lowest BCUT2D eigenvalue weighted by Crippen LogP contribution is -2.40. The Labute approximate surface area is 282 Å². The van der Waals surface area contributed by atoms with Crippen LogP contribution in [0.2, 0.25) is 10.0 Å². The summed E-state index contributed by atoms with van der Waals surface area (Å²) in [5.74, 6) is 0.498. The topological polar surface area (TPSA) is 65.7 Å². The second-order valence-corrected chi connectivity index (χ2v) is 12.3. The van der Waals surface area contributed by atoms with E-state index in [-0.39, 0.29) is 5.78 Å². The number of carbonyl (C=O) groups excluding carboxylic acids is 1. The monoisotopic (exact) mass is 657 g/mol. The third-order valence-corrected chi connectivity index (χ3v) is 9.06. The molecule has 5 aromatic carbocycles. The highest BCUT2D eigenvalue weighted by atomic mass is 35.5. The van der Waals surface area contributed by atoms with Gasteiger partial charge in [0.05, 0.1) is 24.1 Å². The van der Waals surface area contributed by atoms with Crippen LogP contribution >= 0.6 is 23.2 Å². The number of rotatable bonds is 8. The van der Waals surface area contributed by atoms with E-state index < -0.39 is 11.5 Å². The first kappa shape index (κ1) is 30.5. The Morgan fingerprint density at radius 1 is 0.745 bits per heavy atom. The fourth-order valence-corrected chi connectivity index (χ4v) is 6.36. The molecule has 8 heteroatoms. The van der Waals surface area contributed by atoms with E-state index in [4.69, 9.17) is 37.9 Å². The zero-order chi connectivity index (χ0) is 32.5. The summed E-state index contributed by atoms with van der Waals surface area (Å²) in [6.45, 7) is 1.90. The Morgan fingerprint density at radius 3 is 1.89 bits per heavy atom. The van der Waals surface area contributed by atoms with Gasteiger partial charge in [0.2, 0.25) is 0 Å². The van der Waals surface area contributed by atoms with Crippen LogP contribution in [-0.2, 0) is 4.84 Å². The highest BCUT2D eigenvalue weighted by molar-refractivity contribution is 6.31. The third-order valence-electron chi connectivity index (χ3n) is 8.55. The van der Waals surface area contributed by atoms with Gasteiger partial charge in [-0.3, -0.25) is 4.79 Å². The first-order chi connectivity index (χ1) is 22.9. The maximum absolute atomic E-state index is 15.7. The highest BCUT2D eigenvalue weighted by Gasteiger charge is 2.55. The molecule has 232 valence electrons. The van der Waals surface area contributed by atoms with Crippen molar-refractivity contribution in [3.63, 3.8) is 0 Å². The number of halogens is 2. The van der Waals surface area contributed by atoms with Crippen molar-refractivity contribution in [2.45, 2.75) is 13.0 Å². The molecule has 2 unspecified atom stereocenters. The van der Waals surface area contributed by atoms with Gasteiger partial charge >= 0.3 is 0 Å². The first-order valence-corrected chi connectivity index (χ1v) is 15.8. The Kier molecular flexibility index (Phi) is 8.14. The fraction of sp³-hybridized carbons (Fsp3) is 0.103. The largest absolute Gasteiger partial charge is 0.497 e. The predicted octanol–water partition coefficient (Wildman–Crippen LogP) is 9.89. The van der Waals surface area contributed by atoms with Crippen LogP contribution in [0.4, 0.5) is 0 Å². The molecule has 1 aliphatic heterocycles. The van der Waals surface area contributed by atoms with Gasteiger partial charge in [-0.25, -0.2) is 4.68 Å². The Balaban J connectivity index is 1.53. The molecule has 2 atom stereocenters. The number of Topliss-reactive ketones (excluding diaryl/α,β-unsaturated/α-hetero) is 1. The molecule has 0 fully saturated rings. The standard InChI is InChI=1S/C39H29Cl2N3O3/c1-39(36(27-15-21-30(41)22-16-27)43-47-38(39)28-9-5-3-6-10-28)37(45)33-34(25-13-19-29(40)20-14-25)42-44(31-11-7-4-8-12-31)35(33)26-17-23-32(46-2)24-18-26/h3-24,38H,1-2H3. The van der Waals surface area contributed by atoms with E-state index in [1.54, 1.807) is 31.4 Å². The van der Waals surface area contributed by atoms with Gasteiger partial charge in [0.15, 0.2) is 11.9 Å². The number of para-hydroxylation sites is 1. The van der Waals surface area contributed by atoms with Crippen LogP contribution in [-0.4, -0.2) is 28.4 Å². The SMILES string of the molecule is COc1ccc(-c2c(C(=O)C3(C)C(c4ccc(Cl)cc4)=NOC3c3ccccc3)c(-c3ccc(Cl)cc3)nn2-c2ccccc2)cc1. The van der Waals surface area contributed by atoms with E-state index in [0.29, 0.717) is 38.5 Å². The molecule has 0 saturated heterocycles. The average molecular weight is 659 g/mol. The van der Waals surface area contributed by atoms with Crippen LogP contribution in [0.25, 0.3) is 28.2 Å². The molecule has 0 radical (unpaired) electrons. The van der Waals surface area contributed by atoms with E-state index >= 15 is 4.79 Å². The van der Waals surface area contributed by atoms with Crippen molar-refractivity contribution in [3.8, 4) is 34.0 Å². The zero-order valence-electron chi connectivity index (χ0n) is 25.6. The predicted molar refractivity (Wildman–Crippen MR) is 187 cm³/mol. The average Bonchev–Trinajstić information content (AvgIpc) is 3.69. The fourth-order valence-electron chi connectivity index (χ4n) is 6.11. The van der Waals surface area contributed by atoms with Crippen molar-refractivity contribution < 1.29 is 14.4 Å². The summed E-state index contributed by atoms with van der Waals surface area (Å²) < 4.78 is 7.30. The molecule has 0 amide bonds. The molecule has 6 aromatic rings.